The largest absolute Gasteiger partial charge is 0.496 e. The van der Waals surface area contributed by atoms with Crippen LogP contribution in [0.4, 0.5) is 0 Å². The Morgan fingerprint density at radius 2 is 1.97 bits per heavy atom. The van der Waals surface area contributed by atoms with E-state index in [0.717, 1.165) is 21.8 Å². The molecule has 34 heavy (non-hydrogen) atoms. The lowest BCUT2D eigenvalue weighted by Gasteiger charge is -2.15. The molecule has 174 valence electrons. The van der Waals surface area contributed by atoms with Gasteiger partial charge >= 0.3 is 0 Å². The number of benzene rings is 2. The number of thioether (sulfide) groups is 1. The molecule has 1 N–H and O–H groups in total. The molecule has 2 aromatic heterocycles. The Morgan fingerprint density at radius 1 is 1.24 bits per heavy atom. The first-order valence-corrected chi connectivity index (χ1v) is 12.5. The van der Waals surface area contributed by atoms with Gasteiger partial charge in [0.25, 0.3) is 5.56 Å². The molecule has 0 saturated carbocycles. The van der Waals surface area contributed by atoms with E-state index in [2.05, 4.69) is 11.9 Å². The smallest absolute Gasteiger partial charge is 0.272 e. The fourth-order valence-electron chi connectivity index (χ4n) is 3.50. The number of hydrogen-bond donors (Lipinski definition) is 1. The van der Waals surface area contributed by atoms with E-state index >= 15 is 0 Å². The maximum absolute atomic E-state index is 13.3. The summed E-state index contributed by atoms with van der Waals surface area (Å²) in [5.41, 5.74) is 2.45. The van der Waals surface area contributed by atoms with Crippen molar-refractivity contribution in [2.45, 2.75) is 30.4 Å². The van der Waals surface area contributed by atoms with Crippen LogP contribution in [-0.4, -0.2) is 27.8 Å². The van der Waals surface area contributed by atoms with E-state index < -0.39 is 5.25 Å². The number of carbonyl (C=O) groups excluding carboxylic acids is 1. The molecule has 0 fully saturated rings. The van der Waals surface area contributed by atoms with E-state index in [4.69, 9.17) is 9.72 Å². The van der Waals surface area contributed by atoms with Gasteiger partial charge in [-0.15, -0.1) is 17.9 Å². The molecular weight excluding hydrogens is 466 g/mol. The zero-order valence-electron chi connectivity index (χ0n) is 19.0. The Bertz CT molecular complexity index is 1380. The molecule has 0 aliphatic heterocycles. The minimum absolute atomic E-state index is 0.124. The second-order valence-corrected chi connectivity index (χ2v) is 9.94. The van der Waals surface area contributed by atoms with Gasteiger partial charge in [-0.1, -0.05) is 66.4 Å². The van der Waals surface area contributed by atoms with Gasteiger partial charge in [-0.25, -0.2) is 4.98 Å². The van der Waals surface area contributed by atoms with Crippen LogP contribution in [0.5, 0.6) is 5.75 Å². The summed E-state index contributed by atoms with van der Waals surface area (Å²) < 4.78 is 7.53. The van der Waals surface area contributed by atoms with Gasteiger partial charge in [0.05, 0.1) is 17.9 Å². The van der Waals surface area contributed by atoms with Crippen LogP contribution in [-0.2, 0) is 17.9 Å². The van der Waals surface area contributed by atoms with Crippen LogP contribution in [0.25, 0.3) is 20.7 Å². The van der Waals surface area contributed by atoms with Crippen molar-refractivity contribution in [2.75, 3.05) is 7.11 Å². The van der Waals surface area contributed by atoms with Crippen molar-refractivity contribution in [2.24, 2.45) is 0 Å². The summed E-state index contributed by atoms with van der Waals surface area (Å²) in [7, 11) is 1.60. The summed E-state index contributed by atoms with van der Waals surface area (Å²) in [5, 5.41) is 2.99. The van der Waals surface area contributed by atoms with Crippen LogP contribution in [0.2, 0.25) is 0 Å². The third kappa shape index (κ3) is 5.08. The average Bonchev–Trinajstić information content (AvgIpc) is 3.30. The normalized spacial score (nSPS) is 11.8. The number of thiophene rings is 1. The highest BCUT2D eigenvalue weighted by Gasteiger charge is 2.20. The summed E-state index contributed by atoms with van der Waals surface area (Å²) in [6.45, 7) is 6.26. The molecule has 8 heteroatoms. The molecule has 0 saturated heterocycles. The van der Waals surface area contributed by atoms with Crippen LogP contribution in [0, 0.1) is 0 Å². The van der Waals surface area contributed by atoms with Gasteiger partial charge in [-0.3, -0.25) is 14.2 Å². The highest BCUT2D eigenvalue weighted by molar-refractivity contribution is 8.00. The minimum atomic E-state index is -0.456. The zero-order valence-corrected chi connectivity index (χ0v) is 20.6. The number of carbonyl (C=O) groups is 1. The quantitative estimate of drug-likeness (QED) is 0.200. The van der Waals surface area contributed by atoms with E-state index in [1.54, 1.807) is 24.7 Å². The number of rotatable bonds is 9. The average molecular weight is 492 g/mol. The molecule has 0 bridgehead atoms. The maximum Gasteiger partial charge on any atom is 0.272 e. The van der Waals surface area contributed by atoms with Crippen molar-refractivity contribution in [1.29, 1.82) is 0 Å². The predicted molar refractivity (Wildman–Crippen MR) is 140 cm³/mol. The summed E-state index contributed by atoms with van der Waals surface area (Å²) in [5.74, 6) is 0.576. The van der Waals surface area contributed by atoms with Crippen LogP contribution in [0.1, 0.15) is 12.5 Å². The lowest BCUT2D eigenvalue weighted by Crippen LogP contribution is -2.31. The molecule has 1 unspecified atom stereocenters. The van der Waals surface area contributed by atoms with E-state index in [9.17, 15) is 9.59 Å². The lowest BCUT2D eigenvalue weighted by molar-refractivity contribution is -0.120. The zero-order chi connectivity index (χ0) is 24.1. The molecule has 1 atom stereocenters. The topological polar surface area (TPSA) is 73.2 Å². The molecular formula is C26H25N3O3S2. The highest BCUT2D eigenvalue weighted by Crippen LogP contribution is 2.32. The summed E-state index contributed by atoms with van der Waals surface area (Å²) in [6.07, 6.45) is 1.66. The van der Waals surface area contributed by atoms with Crippen LogP contribution < -0.4 is 15.6 Å². The predicted octanol–water partition coefficient (Wildman–Crippen LogP) is 5.12. The van der Waals surface area contributed by atoms with Gasteiger partial charge in [-0.2, -0.15) is 0 Å². The Hall–Kier alpha value is -3.36. The second kappa shape index (κ2) is 10.7. The molecule has 0 aliphatic rings. The van der Waals surface area contributed by atoms with Gasteiger partial charge in [0.2, 0.25) is 5.91 Å². The number of hydrogen-bond acceptors (Lipinski definition) is 6. The van der Waals surface area contributed by atoms with Gasteiger partial charge < -0.3 is 10.1 Å². The van der Waals surface area contributed by atoms with Crippen molar-refractivity contribution in [3.05, 3.63) is 89.2 Å². The number of nitrogens with zero attached hydrogens (tertiary/aromatic N) is 2. The fraction of sp³-hybridized carbons (Fsp3) is 0.192. The Labute approximate surface area is 206 Å². The van der Waals surface area contributed by atoms with E-state index in [1.165, 1.54) is 23.1 Å². The second-order valence-electron chi connectivity index (χ2n) is 7.58. The van der Waals surface area contributed by atoms with Crippen molar-refractivity contribution in [3.8, 4) is 16.2 Å². The van der Waals surface area contributed by atoms with Crippen LogP contribution in [0.15, 0.2) is 83.3 Å². The maximum atomic E-state index is 13.3. The van der Waals surface area contributed by atoms with E-state index in [0.29, 0.717) is 28.5 Å². The minimum Gasteiger partial charge on any atom is -0.496 e. The molecule has 6 nitrogen and oxygen atoms in total. The van der Waals surface area contributed by atoms with Gasteiger partial charge in [0, 0.05) is 23.5 Å². The SMILES string of the molecule is C=CCn1c(SC(C)C(=O)NCc2ccccc2OC)nc2cc(-c3ccccc3)sc2c1=O. The molecule has 0 aliphatic carbocycles. The van der Waals surface area contributed by atoms with Crippen molar-refractivity contribution >= 4 is 39.2 Å². The molecule has 1 amide bonds. The molecule has 2 heterocycles. The number of fused-ring (bicyclic) bond motifs is 1. The summed E-state index contributed by atoms with van der Waals surface area (Å²) >= 11 is 2.69. The standard InChI is InChI=1S/C26H25N3O3S2/c1-4-14-29-25(31)23-20(15-22(34-23)18-10-6-5-7-11-18)28-26(29)33-17(2)24(30)27-16-19-12-8-9-13-21(19)32-3/h4-13,15,17H,1,14,16H2,2-3H3,(H,27,30). The van der Waals surface area contributed by atoms with Crippen LogP contribution >= 0.6 is 23.1 Å². The van der Waals surface area contributed by atoms with E-state index in [-0.39, 0.29) is 11.5 Å². The van der Waals surface area contributed by atoms with Crippen LogP contribution in [0.3, 0.4) is 0 Å². The van der Waals surface area contributed by atoms with Gasteiger partial charge in [0.1, 0.15) is 10.4 Å². The van der Waals surface area contributed by atoms with E-state index in [1.807, 2.05) is 60.7 Å². The fourth-order valence-corrected chi connectivity index (χ4v) is 5.50. The molecule has 0 radical (unpaired) electrons. The number of nitrogens with one attached hydrogen (secondary N) is 1. The molecule has 0 spiro atoms. The monoisotopic (exact) mass is 491 g/mol. The number of allylic oxidation sites excluding steroid dienone is 1. The molecule has 4 rings (SSSR count). The number of aromatic nitrogens is 2. The van der Waals surface area contributed by atoms with Crippen molar-refractivity contribution in [3.63, 3.8) is 0 Å². The summed E-state index contributed by atoms with van der Waals surface area (Å²) in [4.78, 5) is 31.8. The third-order valence-corrected chi connectivity index (χ3v) is 7.52. The van der Waals surface area contributed by atoms with Gasteiger partial charge in [-0.05, 0) is 24.6 Å². The number of methoxy groups -OCH3 is 1. The first kappa shape index (κ1) is 23.8. The Morgan fingerprint density at radius 3 is 2.71 bits per heavy atom. The highest BCUT2D eigenvalue weighted by atomic mass is 32.2. The van der Waals surface area contributed by atoms with Crippen molar-refractivity contribution in [1.82, 2.24) is 14.9 Å². The Balaban J connectivity index is 1.58. The number of para-hydroxylation sites is 1. The molecule has 2 aromatic carbocycles. The Kier molecular flexibility index (Phi) is 7.49. The number of ether oxygens (including phenoxy) is 1. The van der Waals surface area contributed by atoms with Gasteiger partial charge in [0.15, 0.2) is 5.16 Å². The first-order chi connectivity index (χ1) is 16.5. The lowest BCUT2D eigenvalue weighted by atomic mass is 10.2. The van der Waals surface area contributed by atoms with Crippen molar-refractivity contribution < 1.29 is 9.53 Å². The molecule has 4 aromatic rings. The third-order valence-electron chi connectivity index (χ3n) is 5.27. The summed E-state index contributed by atoms with van der Waals surface area (Å²) in [6, 6.07) is 19.4. The number of amides is 1. The first-order valence-electron chi connectivity index (χ1n) is 10.8.